The zero-order chi connectivity index (χ0) is 10.7. The van der Waals surface area contributed by atoms with Gasteiger partial charge in [0.15, 0.2) is 0 Å². The van der Waals surface area contributed by atoms with Crippen LogP contribution >= 0.6 is 0 Å². The van der Waals surface area contributed by atoms with E-state index in [1.807, 2.05) is 7.05 Å². The third-order valence-corrected chi connectivity index (χ3v) is 3.45. The third-order valence-electron chi connectivity index (χ3n) is 3.45. The molecule has 0 aromatic heterocycles. The molecule has 1 aromatic carbocycles. The summed E-state index contributed by atoms with van der Waals surface area (Å²) in [6.45, 7) is 2.24. The molecule has 1 aromatic rings. The number of aryl methyl sites for hydroxylation is 2. The van der Waals surface area contributed by atoms with E-state index in [0.29, 0.717) is 6.04 Å². The fraction of sp³-hybridized carbons (Fsp3) is 0.571. The maximum atomic E-state index is 3.29. The van der Waals surface area contributed by atoms with Crippen molar-refractivity contribution in [3.05, 3.63) is 34.9 Å². The van der Waals surface area contributed by atoms with Crippen molar-refractivity contribution in [3.63, 3.8) is 0 Å². The van der Waals surface area contributed by atoms with Gasteiger partial charge in [-0.2, -0.15) is 0 Å². The lowest BCUT2D eigenvalue weighted by Gasteiger charge is -2.17. The average molecular weight is 203 g/mol. The molecule has 2 rings (SSSR count). The number of likely N-dealkylation sites (N-methyl/N-ethyl adjacent to an activating group) is 1. The topological polar surface area (TPSA) is 12.0 Å². The number of fused-ring (bicyclic) bond motifs is 1. The van der Waals surface area contributed by atoms with Crippen LogP contribution in [0.2, 0.25) is 0 Å². The van der Waals surface area contributed by atoms with Crippen molar-refractivity contribution in [3.8, 4) is 0 Å². The molecule has 0 aliphatic heterocycles. The van der Waals surface area contributed by atoms with E-state index < -0.39 is 0 Å². The Morgan fingerprint density at radius 3 is 2.67 bits per heavy atom. The minimum atomic E-state index is 0.576. The summed E-state index contributed by atoms with van der Waals surface area (Å²) in [5.74, 6) is 0. The molecule has 1 aliphatic rings. The molecule has 0 spiro atoms. The normalized spacial score (nSPS) is 17.2. The molecule has 1 nitrogen and oxygen atoms in total. The van der Waals surface area contributed by atoms with Crippen LogP contribution in [0.15, 0.2) is 18.2 Å². The fourth-order valence-electron chi connectivity index (χ4n) is 2.37. The van der Waals surface area contributed by atoms with Crippen LogP contribution in [-0.4, -0.2) is 13.1 Å². The van der Waals surface area contributed by atoms with Crippen LogP contribution in [0.5, 0.6) is 0 Å². The average Bonchev–Trinajstić information content (AvgIpc) is 2.29. The van der Waals surface area contributed by atoms with Crippen LogP contribution in [0.4, 0.5) is 0 Å². The van der Waals surface area contributed by atoms with Crippen molar-refractivity contribution in [1.29, 1.82) is 0 Å². The molecular formula is C14H21N. The van der Waals surface area contributed by atoms with E-state index >= 15 is 0 Å². The zero-order valence-electron chi connectivity index (χ0n) is 9.84. The van der Waals surface area contributed by atoms with Crippen molar-refractivity contribution in [1.82, 2.24) is 5.32 Å². The van der Waals surface area contributed by atoms with Gasteiger partial charge in [0.1, 0.15) is 0 Å². The van der Waals surface area contributed by atoms with Gasteiger partial charge in [-0.15, -0.1) is 0 Å². The number of rotatable bonds is 3. The Bertz CT molecular complexity index is 330. The second-order valence-electron chi connectivity index (χ2n) is 4.70. The first-order chi connectivity index (χ1) is 7.29. The summed E-state index contributed by atoms with van der Waals surface area (Å²) in [5, 5.41) is 3.29. The van der Waals surface area contributed by atoms with Gasteiger partial charge in [0.2, 0.25) is 0 Å². The highest BCUT2D eigenvalue weighted by Crippen LogP contribution is 2.22. The molecule has 15 heavy (non-hydrogen) atoms. The van der Waals surface area contributed by atoms with Crippen molar-refractivity contribution >= 4 is 0 Å². The largest absolute Gasteiger partial charge is 0.317 e. The molecule has 1 heteroatoms. The van der Waals surface area contributed by atoms with Gasteiger partial charge in [0, 0.05) is 6.04 Å². The first-order valence-electron chi connectivity index (χ1n) is 6.07. The highest BCUT2D eigenvalue weighted by atomic mass is 14.8. The Morgan fingerprint density at radius 2 is 1.93 bits per heavy atom. The molecule has 1 unspecified atom stereocenters. The van der Waals surface area contributed by atoms with E-state index in [0.717, 1.165) is 6.42 Å². The minimum Gasteiger partial charge on any atom is -0.317 e. The monoisotopic (exact) mass is 203 g/mol. The third kappa shape index (κ3) is 2.60. The molecule has 0 radical (unpaired) electrons. The second-order valence-corrected chi connectivity index (χ2v) is 4.70. The van der Waals surface area contributed by atoms with E-state index in [9.17, 15) is 0 Å². The highest BCUT2D eigenvalue weighted by Gasteiger charge is 2.10. The Kier molecular flexibility index (Phi) is 3.42. The lowest BCUT2D eigenvalue weighted by Crippen LogP contribution is -2.23. The molecule has 0 amide bonds. The molecule has 1 N–H and O–H groups in total. The van der Waals surface area contributed by atoms with Crippen molar-refractivity contribution in [2.45, 2.75) is 45.1 Å². The van der Waals surface area contributed by atoms with Gasteiger partial charge >= 0.3 is 0 Å². The van der Waals surface area contributed by atoms with E-state index in [-0.39, 0.29) is 0 Å². The first kappa shape index (κ1) is 10.7. The number of hydrogen-bond donors (Lipinski definition) is 1. The van der Waals surface area contributed by atoms with Crippen LogP contribution in [0.3, 0.4) is 0 Å². The van der Waals surface area contributed by atoms with Crippen LogP contribution in [-0.2, 0) is 19.3 Å². The van der Waals surface area contributed by atoms with Crippen LogP contribution in [0, 0.1) is 0 Å². The van der Waals surface area contributed by atoms with Gasteiger partial charge in [-0.25, -0.2) is 0 Å². The lowest BCUT2D eigenvalue weighted by atomic mass is 9.89. The Balaban J connectivity index is 2.13. The van der Waals surface area contributed by atoms with Gasteiger partial charge in [-0.1, -0.05) is 18.2 Å². The van der Waals surface area contributed by atoms with Gasteiger partial charge in [0.25, 0.3) is 0 Å². The standard InChI is InChI=1S/C14H21N/c1-11(15-2)9-12-7-8-13-5-3-4-6-14(13)10-12/h7-8,10-11,15H,3-6,9H2,1-2H3. The van der Waals surface area contributed by atoms with Gasteiger partial charge in [-0.3, -0.25) is 0 Å². The van der Waals surface area contributed by atoms with Gasteiger partial charge < -0.3 is 5.32 Å². The number of hydrogen-bond acceptors (Lipinski definition) is 1. The lowest BCUT2D eigenvalue weighted by molar-refractivity contribution is 0.606. The van der Waals surface area contributed by atoms with Gasteiger partial charge in [-0.05, 0) is 62.8 Å². The van der Waals surface area contributed by atoms with Crippen LogP contribution < -0.4 is 5.32 Å². The second kappa shape index (κ2) is 4.80. The molecular weight excluding hydrogens is 182 g/mol. The maximum absolute atomic E-state index is 3.29. The molecule has 1 aliphatic carbocycles. The van der Waals surface area contributed by atoms with E-state index in [1.54, 1.807) is 11.1 Å². The molecule has 0 fully saturated rings. The predicted molar refractivity (Wildman–Crippen MR) is 65.3 cm³/mol. The highest BCUT2D eigenvalue weighted by molar-refractivity contribution is 5.34. The maximum Gasteiger partial charge on any atom is 0.00761 e. The van der Waals surface area contributed by atoms with Crippen LogP contribution in [0.1, 0.15) is 36.5 Å². The zero-order valence-corrected chi connectivity index (χ0v) is 9.84. The fourth-order valence-corrected chi connectivity index (χ4v) is 2.37. The van der Waals surface area contributed by atoms with Crippen molar-refractivity contribution < 1.29 is 0 Å². The smallest absolute Gasteiger partial charge is 0.00761 e. The Hall–Kier alpha value is -0.820. The molecule has 0 saturated heterocycles. The summed E-state index contributed by atoms with van der Waals surface area (Å²) in [6, 6.07) is 7.64. The summed E-state index contributed by atoms with van der Waals surface area (Å²) >= 11 is 0. The summed E-state index contributed by atoms with van der Waals surface area (Å²) in [4.78, 5) is 0. The molecule has 82 valence electrons. The molecule has 0 saturated carbocycles. The summed E-state index contributed by atoms with van der Waals surface area (Å²) < 4.78 is 0. The predicted octanol–water partition coefficient (Wildman–Crippen LogP) is 2.72. The molecule has 0 heterocycles. The van der Waals surface area contributed by atoms with Crippen molar-refractivity contribution in [2.75, 3.05) is 7.05 Å². The van der Waals surface area contributed by atoms with E-state index in [2.05, 4.69) is 30.4 Å². The SMILES string of the molecule is CNC(C)Cc1ccc2c(c1)CCCC2. The minimum absolute atomic E-state index is 0.576. The quantitative estimate of drug-likeness (QED) is 0.796. The number of benzene rings is 1. The Morgan fingerprint density at radius 1 is 1.20 bits per heavy atom. The van der Waals surface area contributed by atoms with Gasteiger partial charge in [0.05, 0.1) is 0 Å². The summed E-state index contributed by atoms with van der Waals surface area (Å²) in [5.41, 5.74) is 4.67. The number of nitrogens with one attached hydrogen (secondary N) is 1. The summed E-state index contributed by atoms with van der Waals surface area (Å²) in [6.07, 6.45) is 6.47. The van der Waals surface area contributed by atoms with E-state index in [4.69, 9.17) is 0 Å². The molecule has 0 bridgehead atoms. The van der Waals surface area contributed by atoms with Crippen LogP contribution in [0.25, 0.3) is 0 Å². The first-order valence-corrected chi connectivity index (χ1v) is 6.07. The molecule has 1 atom stereocenters. The van der Waals surface area contributed by atoms with E-state index in [1.165, 1.54) is 31.2 Å². The Labute approximate surface area is 92.9 Å². The summed E-state index contributed by atoms with van der Waals surface area (Å²) in [7, 11) is 2.03. The van der Waals surface area contributed by atoms with Crippen molar-refractivity contribution in [2.24, 2.45) is 0 Å².